The normalized spacial score (nSPS) is 12.7. The van der Waals surface area contributed by atoms with Crippen molar-refractivity contribution in [3.8, 4) is 0 Å². The molecule has 0 saturated heterocycles. The molecule has 1 aromatic carbocycles. The molecule has 1 aromatic rings. The maximum absolute atomic E-state index is 12.2. The zero-order valence-corrected chi connectivity index (χ0v) is 14.6. The second-order valence-electron chi connectivity index (χ2n) is 6.03. The third-order valence-corrected chi connectivity index (χ3v) is 4.94. The number of hydrogen-bond acceptors (Lipinski definition) is 3. The fraction of sp³-hybridized carbons (Fsp3) is 0.562. The SMILES string of the molecule is COCCCNC(=O)Nc1cccc(CS(=O)C(C)(C)C)c1. The molecule has 6 heteroatoms. The van der Waals surface area contributed by atoms with Crippen molar-refractivity contribution in [3.63, 3.8) is 0 Å². The van der Waals surface area contributed by atoms with Crippen LogP contribution in [0.15, 0.2) is 24.3 Å². The lowest BCUT2D eigenvalue weighted by atomic mass is 10.2. The largest absolute Gasteiger partial charge is 0.385 e. The van der Waals surface area contributed by atoms with Crippen LogP contribution >= 0.6 is 0 Å². The van der Waals surface area contributed by atoms with Crippen LogP contribution in [0.3, 0.4) is 0 Å². The third-order valence-electron chi connectivity index (χ3n) is 2.98. The van der Waals surface area contributed by atoms with E-state index < -0.39 is 10.8 Å². The van der Waals surface area contributed by atoms with E-state index in [-0.39, 0.29) is 10.8 Å². The highest BCUT2D eigenvalue weighted by molar-refractivity contribution is 7.85. The lowest BCUT2D eigenvalue weighted by molar-refractivity contribution is 0.194. The van der Waals surface area contributed by atoms with Gasteiger partial charge in [-0.3, -0.25) is 4.21 Å². The van der Waals surface area contributed by atoms with E-state index in [1.54, 1.807) is 7.11 Å². The number of amides is 2. The molecule has 1 unspecified atom stereocenters. The Morgan fingerprint density at radius 1 is 1.32 bits per heavy atom. The lowest BCUT2D eigenvalue weighted by Gasteiger charge is -2.18. The summed E-state index contributed by atoms with van der Waals surface area (Å²) in [6, 6.07) is 7.21. The van der Waals surface area contributed by atoms with E-state index >= 15 is 0 Å². The molecular weight excluding hydrogens is 300 g/mol. The van der Waals surface area contributed by atoms with Crippen molar-refractivity contribution in [3.05, 3.63) is 29.8 Å². The molecule has 0 aliphatic carbocycles. The van der Waals surface area contributed by atoms with Crippen molar-refractivity contribution in [1.29, 1.82) is 0 Å². The summed E-state index contributed by atoms with van der Waals surface area (Å²) < 4.78 is 16.8. The van der Waals surface area contributed by atoms with E-state index in [1.807, 2.05) is 45.0 Å². The Morgan fingerprint density at radius 2 is 2.05 bits per heavy atom. The van der Waals surface area contributed by atoms with Gasteiger partial charge >= 0.3 is 6.03 Å². The van der Waals surface area contributed by atoms with Crippen LogP contribution in [0.25, 0.3) is 0 Å². The number of methoxy groups -OCH3 is 1. The smallest absolute Gasteiger partial charge is 0.319 e. The van der Waals surface area contributed by atoms with Gasteiger partial charge in [-0.2, -0.15) is 0 Å². The van der Waals surface area contributed by atoms with Crippen LogP contribution in [0, 0.1) is 0 Å². The van der Waals surface area contributed by atoms with Gasteiger partial charge in [0.15, 0.2) is 0 Å². The van der Waals surface area contributed by atoms with E-state index in [0.29, 0.717) is 24.6 Å². The number of carbonyl (C=O) groups is 1. The standard InChI is InChI=1S/C16H26N2O3S/c1-16(2,3)22(20)12-13-7-5-8-14(11-13)18-15(19)17-9-6-10-21-4/h5,7-8,11H,6,9-10,12H2,1-4H3,(H2,17,18,19). The Balaban J connectivity index is 2.53. The molecule has 0 saturated carbocycles. The molecule has 1 rings (SSSR count). The number of ether oxygens (including phenoxy) is 1. The summed E-state index contributed by atoms with van der Waals surface area (Å²) in [4.78, 5) is 11.7. The van der Waals surface area contributed by atoms with Crippen molar-refractivity contribution >= 4 is 22.5 Å². The molecule has 0 aliphatic heterocycles. The Hall–Kier alpha value is -1.40. The Morgan fingerprint density at radius 3 is 2.68 bits per heavy atom. The summed E-state index contributed by atoms with van der Waals surface area (Å²) in [5.41, 5.74) is 1.65. The highest BCUT2D eigenvalue weighted by Crippen LogP contribution is 2.18. The van der Waals surface area contributed by atoms with Crippen LogP contribution in [-0.2, 0) is 21.3 Å². The number of benzene rings is 1. The first kappa shape index (κ1) is 18.6. The quantitative estimate of drug-likeness (QED) is 0.757. The topological polar surface area (TPSA) is 67.4 Å². The van der Waals surface area contributed by atoms with Crippen molar-refractivity contribution in [2.45, 2.75) is 37.7 Å². The Kier molecular flexibility index (Phi) is 7.55. The van der Waals surface area contributed by atoms with Gasteiger partial charge in [-0.15, -0.1) is 0 Å². The Labute approximate surface area is 135 Å². The van der Waals surface area contributed by atoms with Gasteiger partial charge in [0.05, 0.1) is 0 Å². The summed E-state index contributed by atoms with van der Waals surface area (Å²) >= 11 is 0. The minimum Gasteiger partial charge on any atom is -0.385 e. The summed E-state index contributed by atoms with van der Waals surface area (Å²) in [5, 5.41) is 5.54. The van der Waals surface area contributed by atoms with Crippen LogP contribution in [0.5, 0.6) is 0 Å². The molecule has 22 heavy (non-hydrogen) atoms. The van der Waals surface area contributed by atoms with Gasteiger partial charge in [-0.1, -0.05) is 12.1 Å². The van der Waals surface area contributed by atoms with Crippen LogP contribution < -0.4 is 10.6 Å². The van der Waals surface area contributed by atoms with Gasteiger partial charge in [-0.25, -0.2) is 4.79 Å². The molecule has 0 bridgehead atoms. The minimum absolute atomic E-state index is 0.245. The van der Waals surface area contributed by atoms with E-state index in [1.165, 1.54) is 0 Å². The monoisotopic (exact) mass is 326 g/mol. The molecule has 5 nitrogen and oxygen atoms in total. The van der Waals surface area contributed by atoms with Gasteiger partial charge in [-0.05, 0) is 44.9 Å². The summed E-state index contributed by atoms with van der Waals surface area (Å²) in [6.07, 6.45) is 0.772. The number of urea groups is 1. The van der Waals surface area contributed by atoms with Crippen molar-refractivity contribution in [1.82, 2.24) is 5.32 Å². The number of nitrogens with one attached hydrogen (secondary N) is 2. The van der Waals surface area contributed by atoms with Crippen LogP contribution in [0.2, 0.25) is 0 Å². The van der Waals surface area contributed by atoms with Gasteiger partial charge in [0, 0.05) is 47.2 Å². The molecule has 0 fully saturated rings. The number of anilines is 1. The molecule has 0 spiro atoms. The maximum atomic E-state index is 12.2. The molecule has 2 amide bonds. The van der Waals surface area contributed by atoms with E-state index in [9.17, 15) is 9.00 Å². The predicted octanol–water partition coefficient (Wildman–Crippen LogP) is 2.89. The fourth-order valence-electron chi connectivity index (χ4n) is 1.70. The highest BCUT2D eigenvalue weighted by Gasteiger charge is 2.19. The summed E-state index contributed by atoms with van der Waals surface area (Å²) in [5.74, 6) is 0.481. The Bertz CT molecular complexity index is 512. The first-order valence-corrected chi connectivity index (χ1v) is 8.66. The zero-order chi connectivity index (χ0) is 16.6. The average Bonchev–Trinajstić information content (AvgIpc) is 2.43. The second kappa shape index (κ2) is 8.90. The predicted molar refractivity (Wildman–Crippen MR) is 91.6 cm³/mol. The van der Waals surface area contributed by atoms with Crippen molar-refractivity contribution in [2.24, 2.45) is 0 Å². The number of carbonyl (C=O) groups excluding carboxylic acids is 1. The summed E-state index contributed by atoms with van der Waals surface area (Å²) in [7, 11) is 0.673. The first-order valence-electron chi connectivity index (χ1n) is 7.34. The molecular formula is C16H26N2O3S. The second-order valence-corrected chi connectivity index (χ2v) is 8.23. The molecule has 0 radical (unpaired) electrons. The minimum atomic E-state index is -0.959. The van der Waals surface area contributed by atoms with Gasteiger partial charge in [0.1, 0.15) is 0 Å². The summed E-state index contributed by atoms with van der Waals surface area (Å²) in [6.45, 7) is 7.05. The van der Waals surface area contributed by atoms with Gasteiger partial charge in [0.2, 0.25) is 0 Å². The highest BCUT2D eigenvalue weighted by atomic mass is 32.2. The van der Waals surface area contributed by atoms with Crippen LogP contribution in [0.4, 0.5) is 10.5 Å². The number of rotatable bonds is 7. The molecule has 1 atom stereocenters. The molecule has 0 aromatic heterocycles. The molecule has 124 valence electrons. The van der Waals surface area contributed by atoms with E-state index in [0.717, 1.165) is 12.0 Å². The lowest BCUT2D eigenvalue weighted by Crippen LogP contribution is -2.30. The molecule has 0 heterocycles. The van der Waals surface area contributed by atoms with Crippen LogP contribution in [-0.4, -0.2) is 35.2 Å². The van der Waals surface area contributed by atoms with Gasteiger partial charge < -0.3 is 15.4 Å². The number of hydrogen-bond donors (Lipinski definition) is 2. The molecule has 0 aliphatic rings. The average molecular weight is 326 g/mol. The van der Waals surface area contributed by atoms with E-state index in [2.05, 4.69) is 10.6 Å². The van der Waals surface area contributed by atoms with Crippen LogP contribution in [0.1, 0.15) is 32.8 Å². The van der Waals surface area contributed by atoms with Crippen molar-refractivity contribution < 1.29 is 13.7 Å². The van der Waals surface area contributed by atoms with Gasteiger partial charge in [0.25, 0.3) is 0 Å². The third kappa shape index (κ3) is 7.04. The van der Waals surface area contributed by atoms with E-state index in [4.69, 9.17) is 4.74 Å². The molecule has 2 N–H and O–H groups in total. The maximum Gasteiger partial charge on any atom is 0.319 e. The zero-order valence-electron chi connectivity index (χ0n) is 13.8. The fourth-order valence-corrected chi connectivity index (χ4v) is 2.62. The van der Waals surface area contributed by atoms with Crippen molar-refractivity contribution in [2.75, 3.05) is 25.6 Å². The first-order chi connectivity index (χ1) is 10.3.